The van der Waals surface area contributed by atoms with E-state index in [1.165, 1.54) is 0 Å². The fourth-order valence-electron chi connectivity index (χ4n) is 2.84. The van der Waals surface area contributed by atoms with Crippen LogP contribution in [0, 0.1) is 0 Å². The molecule has 2 aromatic rings. The van der Waals surface area contributed by atoms with Gasteiger partial charge in [0.25, 0.3) is 5.91 Å². The topological polar surface area (TPSA) is 120 Å². The molecule has 34 heavy (non-hydrogen) atoms. The van der Waals surface area contributed by atoms with Crippen molar-refractivity contribution in [1.82, 2.24) is 0 Å². The van der Waals surface area contributed by atoms with Crippen molar-refractivity contribution in [3.63, 3.8) is 0 Å². The number of anilines is 2. The first-order chi connectivity index (χ1) is 16.3. The molecule has 2 amide bonds. The summed E-state index contributed by atoms with van der Waals surface area (Å²) in [4.78, 5) is 47.8. The van der Waals surface area contributed by atoms with Crippen LogP contribution in [0.3, 0.4) is 0 Å². The van der Waals surface area contributed by atoms with Crippen molar-refractivity contribution in [1.29, 1.82) is 0 Å². The summed E-state index contributed by atoms with van der Waals surface area (Å²) in [5, 5.41) is 5.33. The molecule has 0 radical (unpaired) electrons. The number of amides is 2. The van der Waals surface area contributed by atoms with Crippen LogP contribution in [-0.2, 0) is 23.9 Å². The van der Waals surface area contributed by atoms with Crippen molar-refractivity contribution in [2.45, 2.75) is 46.1 Å². The third-order valence-corrected chi connectivity index (χ3v) is 4.36. The number of benzene rings is 2. The lowest BCUT2D eigenvalue weighted by atomic mass is 10.2. The number of esters is 2. The molecule has 0 heterocycles. The van der Waals surface area contributed by atoms with Gasteiger partial charge in [-0.3, -0.25) is 14.4 Å². The number of ether oxygens (including phenoxy) is 3. The molecule has 0 aliphatic rings. The lowest BCUT2D eigenvalue weighted by Gasteiger charge is -2.11. The molecule has 0 atom stereocenters. The van der Waals surface area contributed by atoms with Gasteiger partial charge < -0.3 is 24.8 Å². The van der Waals surface area contributed by atoms with Crippen molar-refractivity contribution >= 4 is 35.1 Å². The van der Waals surface area contributed by atoms with Crippen LogP contribution in [0.4, 0.5) is 11.4 Å². The first-order valence-corrected chi connectivity index (χ1v) is 11.1. The van der Waals surface area contributed by atoms with E-state index >= 15 is 0 Å². The second-order valence-electron chi connectivity index (χ2n) is 7.57. The van der Waals surface area contributed by atoms with Gasteiger partial charge in [0.2, 0.25) is 5.91 Å². The molecule has 2 N–H and O–H groups in total. The highest BCUT2D eigenvalue weighted by Crippen LogP contribution is 2.23. The van der Waals surface area contributed by atoms with Crippen LogP contribution < -0.4 is 15.4 Å². The first-order valence-electron chi connectivity index (χ1n) is 11.1. The predicted molar refractivity (Wildman–Crippen MR) is 127 cm³/mol. The summed E-state index contributed by atoms with van der Waals surface area (Å²) in [5.74, 6) is -1.25. The zero-order valence-corrected chi connectivity index (χ0v) is 19.6. The monoisotopic (exact) mass is 470 g/mol. The molecule has 0 fully saturated rings. The number of hydrogen-bond acceptors (Lipinski definition) is 7. The minimum atomic E-state index is -0.575. The smallest absolute Gasteiger partial charge is 0.338 e. The summed E-state index contributed by atoms with van der Waals surface area (Å²) in [7, 11) is 0. The van der Waals surface area contributed by atoms with Crippen LogP contribution in [0.25, 0.3) is 0 Å². The highest BCUT2D eigenvalue weighted by Gasteiger charge is 2.12. The Bertz CT molecular complexity index is 987. The largest absolute Gasteiger partial charge is 0.492 e. The van der Waals surface area contributed by atoms with Crippen molar-refractivity contribution in [2.24, 2.45) is 0 Å². The number of hydrogen-bond donors (Lipinski definition) is 2. The van der Waals surface area contributed by atoms with Gasteiger partial charge in [0.15, 0.2) is 6.61 Å². The highest BCUT2D eigenvalue weighted by atomic mass is 16.5. The van der Waals surface area contributed by atoms with Crippen molar-refractivity contribution < 1.29 is 33.4 Å². The van der Waals surface area contributed by atoms with Crippen LogP contribution in [0.1, 0.15) is 50.4 Å². The third kappa shape index (κ3) is 9.32. The van der Waals surface area contributed by atoms with Gasteiger partial charge in [0, 0.05) is 18.5 Å². The summed E-state index contributed by atoms with van der Waals surface area (Å²) in [6, 6.07) is 13.3. The number of carbonyl (C=O) groups excluding carboxylic acids is 4. The molecule has 182 valence electrons. The molecule has 0 aromatic heterocycles. The third-order valence-electron chi connectivity index (χ3n) is 4.36. The molecule has 9 heteroatoms. The van der Waals surface area contributed by atoms with Gasteiger partial charge in [-0.1, -0.05) is 12.1 Å². The minimum absolute atomic E-state index is 0.00376. The lowest BCUT2D eigenvalue weighted by Crippen LogP contribution is -2.21. The van der Waals surface area contributed by atoms with Crippen LogP contribution in [-0.4, -0.2) is 43.1 Å². The molecule has 0 aliphatic heterocycles. The summed E-state index contributed by atoms with van der Waals surface area (Å²) in [6.45, 7) is 5.38. The second-order valence-corrected chi connectivity index (χ2v) is 7.57. The summed E-state index contributed by atoms with van der Waals surface area (Å²) >= 11 is 0. The van der Waals surface area contributed by atoms with Crippen LogP contribution in [0.2, 0.25) is 0 Å². The second kappa shape index (κ2) is 13.6. The standard InChI is InChI=1S/C25H30N2O7/c1-4-32-21-9-6-5-8-20(21)27-23(29)16-33-24(30)11-7-10-22(28)26-19-14-12-18(13-15-19)25(31)34-17(2)3/h5-6,8-9,12-15,17H,4,7,10-11,16H2,1-3H3,(H,26,28)(H,27,29). The number of para-hydroxylation sites is 2. The Labute approximate surface area is 198 Å². The van der Waals surface area contributed by atoms with Crippen LogP contribution in [0.15, 0.2) is 48.5 Å². The van der Waals surface area contributed by atoms with E-state index in [4.69, 9.17) is 14.2 Å². The van der Waals surface area contributed by atoms with Gasteiger partial charge in [-0.25, -0.2) is 4.79 Å². The summed E-state index contributed by atoms with van der Waals surface area (Å²) in [6.07, 6.45) is 0.138. The van der Waals surface area contributed by atoms with Gasteiger partial charge in [-0.2, -0.15) is 0 Å². The highest BCUT2D eigenvalue weighted by molar-refractivity contribution is 5.94. The molecule has 0 aliphatic carbocycles. The summed E-state index contributed by atoms with van der Waals surface area (Å²) in [5.41, 5.74) is 1.41. The predicted octanol–water partition coefficient (Wildman–Crippen LogP) is 3.94. The van der Waals surface area contributed by atoms with E-state index in [2.05, 4.69) is 10.6 Å². The zero-order chi connectivity index (χ0) is 24.9. The maximum Gasteiger partial charge on any atom is 0.338 e. The average Bonchev–Trinajstić information content (AvgIpc) is 2.79. The Balaban J connectivity index is 1.67. The van der Waals surface area contributed by atoms with Gasteiger partial charge in [-0.15, -0.1) is 0 Å². The van der Waals surface area contributed by atoms with E-state index in [1.54, 1.807) is 62.4 Å². The first kappa shape index (κ1) is 26.4. The number of nitrogens with one attached hydrogen (secondary N) is 2. The van der Waals surface area contributed by atoms with E-state index < -0.39 is 24.5 Å². The van der Waals surface area contributed by atoms with Gasteiger partial charge in [-0.05, 0) is 63.6 Å². The van der Waals surface area contributed by atoms with E-state index in [9.17, 15) is 19.2 Å². The van der Waals surface area contributed by atoms with Crippen molar-refractivity contribution in [3.05, 3.63) is 54.1 Å². The number of carbonyl (C=O) groups is 4. The SMILES string of the molecule is CCOc1ccccc1NC(=O)COC(=O)CCCC(=O)Nc1ccc(C(=O)OC(C)C)cc1. The molecular weight excluding hydrogens is 440 g/mol. The Morgan fingerprint density at radius 3 is 2.26 bits per heavy atom. The fraction of sp³-hybridized carbons (Fsp3) is 0.360. The van der Waals surface area contributed by atoms with E-state index in [0.717, 1.165) is 0 Å². The van der Waals surface area contributed by atoms with E-state index in [1.807, 2.05) is 6.92 Å². The van der Waals surface area contributed by atoms with Crippen molar-refractivity contribution in [2.75, 3.05) is 23.8 Å². The quantitative estimate of drug-likeness (QED) is 0.451. The van der Waals surface area contributed by atoms with Crippen LogP contribution >= 0.6 is 0 Å². The Morgan fingerprint density at radius 1 is 0.882 bits per heavy atom. The molecule has 9 nitrogen and oxygen atoms in total. The zero-order valence-electron chi connectivity index (χ0n) is 19.6. The normalized spacial score (nSPS) is 10.4. The Hall–Kier alpha value is -3.88. The molecule has 0 saturated heterocycles. The van der Waals surface area contributed by atoms with Gasteiger partial charge in [0.1, 0.15) is 5.75 Å². The van der Waals surface area contributed by atoms with Gasteiger partial charge >= 0.3 is 11.9 Å². The fourth-order valence-corrected chi connectivity index (χ4v) is 2.84. The van der Waals surface area contributed by atoms with E-state index in [-0.39, 0.29) is 31.3 Å². The summed E-state index contributed by atoms with van der Waals surface area (Å²) < 4.78 is 15.5. The maximum absolute atomic E-state index is 12.1. The Morgan fingerprint density at radius 2 is 1.59 bits per heavy atom. The maximum atomic E-state index is 12.1. The van der Waals surface area contributed by atoms with Crippen LogP contribution in [0.5, 0.6) is 5.75 Å². The molecule has 0 spiro atoms. The number of rotatable bonds is 12. The van der Waals surface area contributed by atoms with Gasteiger partial charge in [0.05, 0.1) is 24.0 Å². The molecule has 0 unspecified atom stereocenters. The lowest BCUT2D eigenvalue weighted by molar-refractivity contribution is -0.147. The molecule has 2 rings (SSSR count). The van der Waals surface area contributed by atoms with E-state index in [0.29, 0.717) is 29.3 Å². The van der Waals surface area contributed by atoms with Crippen molar-refractivity contribution in [3.8, 4) is 5.75 Å². The molecular formula is C25H30N2O7. The Kier molecular flexibility index (Phi) is 10.6. The molecule has 0 bridgehead atoms. The minimum Gasteiger partial charge on any atom is -0.492 e. The average molecular weight is 471 g/mol. The molecule has 2 aromatic carbocycles. The molecule has 0 saturated carbocycles.